The van der Waals surface area contributed by atoms with Gasteiger partial charge < -0.3 is 10.2 Å². The second-order valence-electron chi connectivity index (χ2n) is 4.87. The molecule has 0 aliphatic heterocycles. The van der Waals surface area contributed by atoms with Crippen molar-refractivity contribution in [2.75, 3.05) is 0 Å². The van der Waals surface area contributed by atoms with Gasteiger partial charge in [-0.1, -0.05) is 37.3 Å². The summed E-state index contributed by atoms with van der Waals surface area (Å²) < 4.78 is 0. The average Bonchev–Trinajstić information content (AvgIpc) is 2.97. The second-order valence-corrected chi connectivity index (χ2v) is 4.87. The highest BCUT2D eigenvalue weighted by Crippen LogP contribution is 2.38. The highest BCUT2D eigenvalue weighted by molar-refractivity contribution is 5.83. The molecule has 0 spiro atoms. The van der Waals surface area contributed by atoms with Crippen LogP contribution in [0.2, 0.25) is 0 Å². The average molecular weight is 280 g/mol. The molecule has 1 aromatic heterocycles. The molecule has 106 valence electrons. The van der Waals surface area contributed by atoms with Crippen LogP contribution in [0, 0.1) is 0 Å². The number of aryl methyl sites for hydroxylation is 1. The molecule has 1 heterocycles. The minimum absolute atomic E-state index is 0.0222. The van der Waals surface area contributed by atoms with Gasteiger partial charge in [-0.15, -0.1) is 0 Å². The number of nitrogens with zero attached hydrogens (tertiary/aromatic N) is 1. The highest BCUT2D eigenvalue weighted by atomic mass is 16.3. The van der Waals surface area contributed by atoms with Crippen LogP contribution in [0.1, 0.15) is 12.5 Å². The van der Waals surface area contributed by atoms with E-state index >= 15 is 0 Å². The first-order chi connectivity index (χ1) is 10.2. The van der Waals surface area contributed by atoms with Crippen LogP contribution in [0.3, 0.4) is 0 Å². The van der Waals surface area contributed by atoms with Gasteiger partial charge in [-0.2, -0.15) is 5.10 Å². The van der Waals surface area contributed by atoms with E-state index in [1.54, 1.807) is 6.07 Å². The number of hydrogen-bond acceptors (Lipinski definition) is 3. The summed E-state index contributed by atoms with van der Waals surface area (Å²) in [7, 11) is 0. The molecule has 0 bridgehead atoms. The van der Waals surface area contributed by atoms with Crippen molar-refractivity contribution in [1.82, 2.24) is 10.2 Å². The molecule has 4 heteroatoms. The molecule has 0 unspecified atom stereocenters. The molecular weight excluding hydrogens is 264 g/mol. The van der Waals surface area contributed by atoms with Crippen LogP contribution >= 0.6 is 0 Å². The van der Waals surface area contributed by atoms with Crippen LogP contribution in [-0.2, 0) is 6.42 Å². The molecule has 0 saturated heterocycles. The number of aromatic nitrogens is 2. The summed E-state index contributed by atoms with van der Waals surface area (Å²) in [4.78, 5) is 0. The number of aromatic hydroxyl groups is 2. The van der Waals surface area contributed by atoms with E-state index in [1.807, 2.05) is 43.5 Å². The predicted octanol–water partition coefficient (Wildman–Crippen LogP) is 3.72. The first-order valence-corrected chi connectivity index (χ1v) is 6.85. The Labute approximate surface area is 122 Å². The molecule has 3 N–H and O–H groups in total. The fourth-order valence-electron chi connectivity index (χ4n) is 2.43. The molecular formula is C17H16N2O2. The molecule has 3 aromatic rings. The summed E-state index contributed by atoms with van der Waals surface area (Å²) in [5.74, 6) is 0.129. The Morgan fingerprint density at radius 1 is 1.00 bits per heavy atom. The van der Waals surface area contributed by atoms with Crippen molar-refractivity contribution in [2.45, 2.75) is 13.3 Å². The van der Waals surface area contributed by atoms with E-state index in [1.165, 1.54) is 6.07 Å². The van der Waals surface area contributed by atoms with Gasteiger partial charge in [0.1, 0.15) is 17.2 Å². The maximum Gasteiger partial charge on any atom is 0.128 e. The van der Waals surface area contributed by atoms with Gasteiger partial charge in [-0.05, 0) is 23.6 Å². The zero-order valence-electron chi connectivity index (χ0n) is 11.7. The van der Waals surface area contributed by atoms with E-state index in [9.17, 15) is 10.2 Å². The first-order valence-electron chi connectivity index (χ1n) is 6.85. The first kappa shape index (κ1) is 13.2. The predicted molar refractivity (Wildman–Crippen MR) is 82.2 cm³/mol. The lowest BCUT2D eigenvalue weighted by molar-refractivity contribution is 0.447. The van der Waals surface area contributed by atoms with Gasteiger partial charge >= 0.3 is 0 Å². The van der Waals surface area contributed by atoms with Gasteiger partial charge in [0.2, 0.25) is 0 Å². The zero-order chi connectivity index (χ0) is 14.8. The van der Waals surface area contributed by atoms with Gasteiger partial charge in [0.25, 0.3) is 0 Å². The quantitative estimate of drug-likeness (QED) is 0.685. The zero-order valence-corrected chi connectivity index (χ0v) is 11.7. The fraction of sp³-hybridized carbons (Fsp3) is 0.118. The summed E-state index contributed by atoms with van der Waals surface area (Å²) >= 11 is 0. The minimum Gasteiger partial charge on any atom is -0.508 e. The number of aromatic amines is 1. The summed E-state index contributed by atoms with van der Waals surface area (Å²) in [5, 5.41) is 27.1. The van der Waals surface area contributed by atoms with E-state index in [2.05, 4.69) is 10.2 Å². The lowest BCUT2D eigenvalue weighted by atomic mass is 9.98. The van der Waals surface area contributed by atoms with Crippen molar-refractivity contribution < 1.29 is 10.2 Å². The Morgan fingerprint density at radius 2 is 1.76 bits per heavy atom. The second kappa shape index (κ2) is 5.32. The Morgan fingerprint density at radius 3 is 2.48 bits per heavy atom. The number of H-pyrrole nitrogens is 1. The van der Waals surface area contributed by atoms with E-state index in [0.29, 0.717) is 17.7 Å². The van der Waals surface area contributed by atoms with Crippen molar-refractivity contribution >= 4 is 0 Å². The van der Waals surface area contributed by atoms with Gasteiger partial charge in [0, 0.05) is 23.4 Å². The van der Waals surface area contributed by atoms with E-state index < -0.39 is 0 Å². The molecule has 21 heavy (non-hydrogen) atoms. The molecule has 3 rings (SSSR count). The summed E-state index contributed by atoms with van der Waals surface area (Å²) in [6.45, 7) is 1.96. The standard InChI is InChI=1S/C17H16N2O2/c1-2-11-8-13(16(21)9-15(11)20)17-14(10-18-19-17)12-6-4-3-5-7-12/h3-10,20-21H,2H2,1H3,(H,18,19). The van der Waals surface area contributed by atoms with Crippen molar-refractivity contribution in [1.29, 1.82) is 0 Å². The number of phenolic OH excluding ortho intramolecular Hbond substituents is 2. The van der Waals surface area contributed by atoms with E-state index in [0.717, 1.165) is 16.7 Å². The molecule has 0 atom stereocenters. The molecule has 4 nitrogen and oxygen atoms in total. The lowest BCUT2D eigenvalue weighted by Gasteiger charge is -2.09. The number of phenols is 2. The topological polar surface area (TPSA) is 69.1 Å². The molecule has 2 aromatic carbocycles. The number of rotatable bonds is 3. The van der Waals surface area contributed by atoms with Crippen molar-refractivity contribution in [3.63, 3.8) is 0 Å². The van der Waals surface area contributed by atoms with Crippen LogP contribution < -0.4 is 0 Å². The smallest absolute Gasteiger partial charge is 0.128 e. The Balaban J connectivity index is 2.17. The highest BCUT2D eigenvalue weighted by Gasteiger charge is 2.16. The van der Waals surface area contributed by atoms with Crippen molar-refractivity contribution in [2.24, 2.45) is 0 Å². The summed E-state index contributed by atoms with van der Waals surface area (Å²) in [5.41, 5.74) is 4.01. The number of benzene rings is 2. The third-order valence-electron chi connectivity index (χ3n) is 3.56. The van der Waals surface area contributed by atoms with Crippen LogP contribution in [0.5, 0.6) is 11.5 Å². The number of hydrogen-bond donors (Lipinski definition) is 3. The van der Waals surface area contributed by atoms with Crippen molar-refractivity contribution in [3.8, 4) is 33.9 Å². The van der Waals surface area contributed by atoms with Crippen LogP contribution in [0.25, 0.3) is 22.4 Å². The van der Waals surface area contributed by atoms with Gasteiger partial charge in [0.15, 0.2) is 0 Å². The van der Waals surface area contributed by atoms with Crippen LogP contribution in [-0.4, -0.2) is 20.4 Å². The molecule has 0 aliphatic carbocycles. The fourth-order valence-corrected chi connectivity index (χ4v) is 2.43. The van der Waals surface area contributed by atoms with Crippen LogP contribution in [0.4, 0.5) is 0 Å². The van der Waals surface area contributed by atoms with E-state index in [-0.39, 0.29) is 11.5 Å². The molecule has 0 saturated carbocycles. The minimum atomic E-state index is 0.0222. The van der Waals surface area contributed by atoms with Crippen LogP contribution in [0.15, 0.2) is 48.7 Å². The SMILES string of the molecule is CCc1cc(-c2n[nH]cc2-c2ccccc2)c(O)cc1O. The van der Waals surface area contributed by atoms with Gasteiger partial charge in [-0.25, -0.2) is 0 Å². The molecule has 0 amide bonds. The van der Waals surface area contributed by atoms with Gasteiger partial charge in [-0.3, -0.25) is 5.10 Å². The summed E-state index contributed by atoms with van der Waals surface area (Å²) in [6.07, 6.45) is 2.49. The molecule has 0 aliphatic rings. The number of nitrogens with one attached hydrogen (secondary N) is 1. The summed E-state index contributed by atoms with van der Waals surface area (Å²) in [6, 6.07) is 13.0. The van der Waals surface area contributed by atoms with E-state index in [4.69, 9.17) is 0 Å². The Kier molecular flexibility index (Phi) is 3.36. The molecule has 0 fully saturated rings. The van der Waals surface area contributed by atoms with Gasteiger partial charge in [0.05, 0.1) is 0 Å². The third-order valence-corrected chi connectivity index (χ3v) is 3.56. The normalized spacial score (nSPS) is 10.7. The van der Waals surface area contributed by atoms with Crippen molar-refractivity contribution in [3.05, 3.63) is 54.2 Å². The largest absolute Gasteiger partial charge is 0.508 e. The maximum absolute atomic E-state index is 10.1. The Hall–Kier alpha value is -2.75. The monoisotopic (exact) mass is 280 g/mol. The third kappa shape index (κ3) is 2.36. The lowest BCUT2D eigenvalue weighted by Crippen LogP contribution is -1.88. The maximum atomic E-state index is 10.1. The molecule has 0 radical (unpaired) electrons. The Bertz CT molecular complexity index is 764.